The van der Waals surface area contributed by atoms with Gasteiger partial charge in [-0.25, -0.2) is 45.1 Å². The van der Waals surface area contributed by atoms with Gasteiger partial charge in [0.2, 0.25) is 32.7 Å². The second kappa shape index (κ2) is 46.9. The number of alkyl halides is 3. The number of aliphatic hydroxyl groups excluding tert-OH is 2. The molecule has 0 radical (unpaired) electrons. The summed E-state index contributed by atoms with van der Waals surface area (Å²) in [6.45, 7) is 16.0. The summed E-state index contributed by atoms with van der Waals surface area (Å²) in [6, 6.07) is 40.1. The zero-order chi connectivity index (χ0) is 93.5. The lowest BCUT2D eigenvalue weighted by atomic mass is 10.0. The molecular weight excluding hydrogens is 1780 g/mol. The van der Waals surface area contributed by atoms with E-state index in [-0.39, 0.29) is 142 Å². The van der Waals surface area contributed by atoms with Crippen LogP contribution in [-0.2, 0) is 103 Å². The Labute approximate surface area is 756 Å². The lowest BCUT2D eigenvalue weighted by molar-refractivity contribution is -0.185. The molecule has 6 aromatic carbocycles. The van der Waals surface area contributed by atoms with Crippen LogP contribution in [-0.4, -0.2) is 256 Å². The molecule has 4 N–H and O–H groups in total. The van der Waals surface area contributed by atoms with Crippen molar-refractivity contribution in [3.8, 4) is 23.0 Å². The van der Waals surface area contributed by atoms with Crippen molar-refractivity contribution in [2.24, 2.45) is 23.7 Å². The summed E-state index contributed by atoms with van der Waals surface area (Å²) in [5, 5.41) is 29.3. The second-order valence-corrected chi connectivity index (χ2v) is 40.7. The first-order valence-corrected chi connectivity index (χ1v) is 49.9. The molecule has 0 saturated carbocycles. The number of piperazine rings is 1. The van der Waals surface area contributed by atoms with Crippen molar-refractivity contribution in [2.75, 3.05) is 128 Å². The molecule has 6 aromatic rings. The summed E-state index contributed by atoms with van der Waals surface area (Å²) in [5.41, 5.74) is 2.74. The number of aliphatic hydroxyl groups is 2. The zero-order valence-electron chi connectivity index (χ0n) is 74.0. The van der Waals surface area contributed by atoms with Crippen molar-refractivity contribution in [3.05, 3.63) is 169 Å². The Bertz CT molecular complexity index is 4980. The van der Waals surface area contributed by atoms with Gasteiger partial charge in [0.25, 0.3) is 0 Å². The molecule has 34 nitrogen and oxygen atoms in total. The molecule has 714 valence electrons. The molecule has 130 heavy (non-hydrogen) atoms. The Morgan fingerprint density at radius 1 is 0.492 bits per heavy atom. The van der Waals surface area contributed by atoms with Crippen molar-refractivity contribution in [3.63, 3.8) is 0 Å². The van der Waals surface area contributed by atoms with Crippen LogP contribution < -0.4 is 39.0 Å². The molecule has 6 saturated heterocycles. The van der Waals surface area contributed by atoms with Gasteiger partial charge in [0.05, 0.1) is 85.6 Å². The highest BCUT2D eigenvalue weighted by Crippen LogP contribution is 2.51. The number of anilines is 2. The Balaban J connectivity index is 0.000000252. The molecule has 0 bridgehead atoms. The number of hydrogen-bond acceptors (Lipinski definition) is 29. The minimum Gasteiger partial charge on any atom is -0.480 e. The summed E-state index contributed by atoms with van der Waals surface area (Å²) < 4.78 is 204. The standard InChI is InChI=1S/C45H58F3N4O14PS.C44H60N3O13PS/c1-5-60-41(54)31(4)65-67(57,66-35-9-7-6-8-10-35)29-63-34-15-11-32(12-16-34)25-38(49-44(56)64-40-28-62-42-37(40)19-24-61-42)39(53)27-52(26-30(2)3)68(58,59)36-17-13-33(14-18-36)50-20-22-51(23-21-50)43(55)45(46,47)48;1-5-54-42(49)32(4)59-61(51,60-36-12-8-6-9-13-36)30-57-35-18-14-33(15-19-35)26-39(45-44(50)58-41-29-56-43-38(41)22-25-55-43)40(48)28-47(27-31(2)3)62(52,53)37-20-16-34(17-21-37)46-23-10-7-11-24-46/h6-18,30-31,37-40,42,53H,5,19-29H2,1-4H3,(H,49,56);6,8-9,12-21,31-32,38-41,43,48H,5,7,10-11,22-30H2,1-4H3,(H,45,50)/t31-,37-,38-,39+,40-,42+,67?;32-,38-,39-,40+,41-,43+,61?/m00/s1. The normalized spacial score (nSPS) is 21.1. The van der Waals surface area contributed by atoms with Gasteiger partial charge in [-0.05, 0) is 193 Å². The summed E-state index contributed by atoms with van der Waals surface area (Å²) in [6.07, 6.45) is -10.5. The molecule has 0 spiro atoms. The van der Waals surface area contributed by atoms with E-state index in [1.165, 1.54) is 48.8 Å². The third kappa shape index (κ3) is 28.9. The van der Waals surface area contributed by atoms with Gasteiger partial charge < -0.3 is 92.0 Å². The number of halogens is 3. The first kappa shape index (κ1) is 101. The van der Waals surface area contributed by atoms with Gasteiger partial charge >= 0.3 is 51.4 Å². The number of rotatable bonds is 42. The molecule has 6 aliphatic heterocycles. The molecule has 2 unspecified atom stereocenters. The summed E-state index contributed by atoms with van der Waals surface area (Å²) in [4.78, 5) is 68.1. The number of esters is 2. The second-order valence-electron chi connectivity index (χ2n) is 33.1. The predicted molar refractivity (Wildman–Crippen MR) is 470 cm³/mol. The Hall–Kier alpha value is -9.18. The maximum atomic E-state index is 14.3. The van der Waals surface area contributed by atoms with E-state index >= 15 is 0 Å². The highest BCUT2D eigenvalue weighted by Gasteiger charge is 2.48. The Kier molecular flexibility index (Phi) is 36.6. The molecule has 6 heterocycles. The average Bonchev–Trinajstić information content (AvgIpc) is 1.56. The van der Waals surface area contributed by atoms with Crippen LogP contribution in [0.15, 0.2) is 168 Å². The van der Waals surface area contributed by atoms with Crippen LogP contribution in [0.3, 0.4) is 0 Å². The largest absolute Gasteiger partial charge is 0.480 e. The van der Waals surface area contributed by atoms with E-state index in [1.807, 2.05) is 26.0 Å². The van der Waals surface area contributed by atoms with Crippen molar-refractivity contribution < 1.29 is 139 Å². The van der Waals surface area contributed by atoms with Gasteiger partial charge in [0, 0.05) is 76.8 Å². The molecule has 14 atom stereocenters. The third-order valence-corrected chi connectivity index (χ3v) is 29.0. The van der Waals surface area contributed by atoms with Crippen molar-refractivity contribution in [1.29, 1.82) is 0 Å². The van der Waals surface area contributed by atoms with E-state index in [9.17, 15) is 73.3 Å². The number of ether oxygens (including phenoxy) is 10. The topological polar surface area (TPSA) is 398 Å². The van der Waals surface area contributed by atoms with E-state index in [4.69, 9.17) is 65.5 Å². The molecule has 3 amide bonds. The number of piperidine rings is 1. The quantitative estimate of drug-likeness (QED) is 0.0157. The van der Waals surface area contributed by atoms with E-state index in [0.717, 1.165) is 40.8 Å². The number of benzene rings is 6. The van der Waals surface area contributed by atoms with Crippen LogP contribution in [0, 0.1) is 23.7 Å². The lowest BCUT2D eigenvalue weighted by Crippen LogP contribution is -2.52. The predicted octanol–water partition coefficient (Wildman–Crippen LogP) is 11.9. The van der Waals surface area contributed by atoms with Gasteiger partial charge in [-0.2, -0.15) is 21.8 Å². The fourth-order valence-electron chi connectivity index (χ4n) is 15.6. The van der Waals surface area contributed by atoms with Crippen LogP contribution in [0.4, 0.5) is 34.1 Å². The van der Waals surface area contributed by atoms with Crippen molar-refractivity contribution >= 4 is 76.6 Å². The number of alkyl carbamates (subject to hydrolysis) is 2. The van der Waals surface area contributed by atoms with Crippen LogP contribution in [0.2, 0.25) is 0 Å². The molecular formula is C89H118F3N7O27P2S2. The fraction of sp³-hybridized carbons (Fsp3) is 0.539. The van der Waals surface area contributed by atoms with Gasteiger partial charge in [-0.1, -0.05) is 88.4 Å². The first-order chi connectivity index (χ1) is 62.0. The monoisotopic (exact) mass is 1900 g/mol. The smallest absolute Gasteiger partial charge is 0.471 e. The van der Waals surface area contributed by atoms with Crippen molar-refractivity contribution in [2.45, 2.75) is 178 Å². The number of para-hydroxylation sites is 2. The molecule has 12 rings (SSSR count). The van der Waals surface area contributed by atoms with Crippen molar-refractivity contribution in [1.82, 2.24) is 24.1 Å². The van der Waals surface area contributed by atoms with E-state index in [1.54, 1.807) is 154 Å². The SMILES string of the molecule is CCOC(=O)[C@H](C)OP(=O)(COc1ccc(C[C@H](NC(=O)O[C@H]2CO[C@H]3OCC[C@H]32)[C@H](O)CN(CC(C)C)S(=O)(=O)c2ccc(N3CCCCC3)cc2)cc1)Oc1ccccc1.CCOC(=O)[C@H](C)OP(=O)(COc1ccc(C[C@H](NC(=O)O[C@H]2CO[C@H]3OCC[C@H]32)[C@H](O)CN(CC(C)C)S(=O)(=O)c2ccc(N3CCN(C(=O)C(F)(F)F)CC3)cc2)cc1)Oc1ccccc1. The number of carbonyl (C=O) groups is 5. The minimum atomic E-state index is -4.98. The van der Waals surface area contributed by atoms with E-state index in [0.29, 0.717) is 42.9 Å². The van der Waals surface area contributed by atoms with Gasteiger partial charge in [-0.15, -0.1) is 0 Å². The number of carbonyl (C=O) groups excluding carboxylic acids is 5. The minimum absolute atomic E-state index is 0.0118. The van der Waals surface area contributed by atoms with Gasteiger partial charge in [0.15, 0.2) is 24.8 Å². The molecule has 6 fully saturated rings. The van der Waals surface area contributed by atoms with E-state index < -0.39 is 152 Å². The maximum absolute atomic E-state index is 14.3. The molecule has 0 aromatic heterocycles. The number of fused-ring (bicyclic) bond motifs is 2. The van der Waals surface area contributed by atoms with Gasteiger partial charge in [-0.3, -0.25) is 13.8 Å². The Morgan fingerprint density at radius 3 is 1.23 bits per heavy atom. The molecule has 41 heteroatoms. The summed E-state index contributed by atoms with van der Waals surface area (Å²) in [5.74, 6) is -2.93. The summed E-state index contributed by atoms with van der Waals surface area (Å²) in [7, 11) is -16.6. The van der Waals surface area contributed by atoms with Gasteiger partial charge in [0.1, 0.15) is 35.2 Å². The zero-order valence-corrected chi connectivity index (χ0v) is 77.4. The third-order valence-electron chi connectivity index (χ3n) is 22.2. The Morgan fingerprint density at radius 2 is 0.869 bits per heavy atom. The fourth-order valence-corrected chi connectivity index (χ4v) is 21.8. The maximum Gasteiger partial charge on any atom is 0.471 e. The van der Waals surface area contributed by atoms with E-state index in [2.05, 4.69) is 15.5 Å². The highest BCUT2D eigenvalue weighted by atomic mass is 32.2. The number of sulfonamides is 2. The highest BCUT2D eigenvalue weighted by molar-refractivity contribution is 7.89. The van der Waals surface area contributed by atoms with Crippen LogP contribution >= 0.6 is 15.2 Å². The average molecular weight is 1900 g/mol. The first-order valence-electron chi connectivity index (χ1n) is 43.6. The lowest BCUT2D eigenvalue weighted by Gasteiger charge is -2.36. The van der Waals surface area contributed by atoms with Crippen LogP contribution in [0.25, 0.3) is 0 Å². The molecule has 0 aliphatic carbocycles. The summed E-state index contributed by atoms with van der Waals surface area (Å²) >= 11 is 0. The number of amides is 3. The molecule has 6 aliphatic rings. The number of nitrogens with one attached hydrogen (secondary N) is 2. The van der Waals surface area contributed by atoms with Crippen LogP contribution in [0.1, 0.15) is 98.6 Å². The number of hydrogen-bond donors (Lipinski definition) is 4. The number of nitrogens with zero attached hydrogens (tertiary/aromatic N) is 5. The van der Waals surface area contributed by atoms with Crippen LogP contribution in [0.5, 0.6) is 23.0 Å².